The number of ether oxygens (including phenoxy) is 1. The maximum atomic E-state index is 12.6. The van der Waals surface area contributed by atoms with Crippen LogP contribution in [-0.4, -0.2) is 75.8 Å². The van der Waals surface area contributed by atoms with Gasteiger partial charge in [0.25, 0.3) is 5.91 Å². The molecule has 158 valence electrons. The van der Waals surface area contributed by atoms with Crippen molar-refractivity contribution in [2.24, 2.45) is 0 Å². The van der Waals surface area contributed by atoms with Crippen molar-refractivity contribution in [3.63, 3.8) is 0 Å². The lowest BCUT2D eigenvalue weighted by Gasteiger charge is -2.38. The Morgan fingerprint density at radius 1 is 1.17 bits per heavy atom. The standard InChI is InChI=1S/C21H26N6O3/c1-16-5-7-17(8-6-16)19(20-22-23-24-27(20)13-15-29-2)25-9-11-26(12-10-25)21(28)18-4-3-14-30-18/h3-8,14,19H,9-13,15H2,1-2H3/t19-/m1/s1. The fourth-order valence-electron chi connectivity index (χ4n) is 3.76. The number of tetrazole rings is 1. The molecule has 0 unspecified atom stereocenters. The van der Waals surface area contributed by atoms with E-state index in [2.05, 4.69) is 51.6 Å². The van der Waals surface area contributed by atoms with Crippen molar-refractivity contribution in [3.8, 4) is 0 Å². The van der Waals surface area contributed by atoms with Gasteiger partial charge >= 0.3 is 0 Å². The molecule has 1 saturated heterocycles. The number of benzene rings is 1. The molecule has 0 aliphatic carbocycles. The van der Waals surface area contributed by atoms with E-state index in [1.807, 2.05) is 4.90 Å². The molecule has 1 aliphatic heterocycles. The van der Waals surface area contributed by atoms with Crippen LogP contribution < -0.4 is 0 Å². The minimum atomic E-state index is -0.0988. The Morgan fingerprint density at radius 3 is 2.60 bits per heavy atom. The molecule has 0 spiro atoms. The molecule has 9 heteroatoms. The van der Waals surface area contributed by atoms with Crippen LogP contribution in [0.4, 0.5) is 0 Å². The SMILES string of the molecule is COCCn1nnnc1[C@@H](c1ccc(C)cc1)N1CCN(C(=O)c2ccco2)CC1. The van der Waals surface area contributed by atoms with E-state index in [0.717, 1.165) is 11.4 Å². The van der Waals surface area contributed by atoms with Crippen molar-refractivity contribution < 1.29 is 13.9 Å². The number of carbonyl (C=O) groups is 1. The topological polar surface area (TPSA) is 89.5 Å². The van der Waals surface area contributed by atoms with Gasteiger partial charge < -0.3 is 14.1 Å². The zero-order chi connectivity index (χ0) is 20.9. The lowest BCUT2D eigenvalue weighted by atomic mass is 10.0. The van der Waals surface area contributed by atoms with Crippen LogP contribution in [0.25, 0.3) is 0 Å². The second-order valence-corrected chi connectivity index (χ2v) is 7.37. The highest BCUT2D eigenvalue weighted by Crippen LogP contribution is 2.28. The Morgan fingerprint density at radius 2 is 1.93 bits per heavy atom. The number of carbonyl (C=O) groups excluding carboxylic acids is 1. The van der Waals surface area contributed by atoms with Gasteiger partial charge in [-0.15, -0.1) is 5.10 Å². The fraction of sp³-hybridized carbons (Fsp3) is 0.429. The van der Waals surface area contributed by atoms with Crippen LogP contribution in [0.2, 0.25) is 0 Å². The second-order valence-electron chi connectivity index (χ2n) is 7.37. The predicted molar refractivity (Wildman–Crippen MR) is 109 cm³/mol. The van der Waals surface area contributed by atoms with Gasteiger partial charge in [-0.25, -0.2) is 4.68 Å². The molecule has 3 aromatic rings. The third-order valence-corrected chi connectivity index (χ3v) is 5.40. The number of aryl methyl sites for hydroxylation is 1. The Bertz CT molecular complexity index is 946. The quantitative estimate of drug-likeness (QED) is 0.586. The molecule has 1 fully saturated rings. The zero-order valence-corrected chi connectivity index (χ0v) is 17.3. The first-order chi connectivity index (χ1) is 14.7. The van der Waals surface area contributed by atoms with Crippen LogP contribution in [0.15, 0.2) is 47.1 Å². The summed E-state index contributed by atoms with van der Waals surface area (Å²) in [7, 11) is 1.66. The van der Waals surface area contributed by atoms with Gasteiger partial charge in [0.15, 0.2) is 11.6 Å². The smallest absolute Gasteiger partial charge is 0.289 e. The number of aromatic nitrogens is 4. The lowest BCUT2D eigenvalue weighted by molar-refractivity contribution is 0.0558. The van der Waals surface area contributed by atoms with Gasteiger partial charge in [0, 0.05) is 33.3 Å². The molecular formula is C21H26N6O3. The molecule has 0 saturated carbocycles. The van der Waals surface area contributed by atoms with Gasteiger partial charge in [0.05, 0.1) is 25.5 Å². The Labute approximate surface area is 175 Å². The lowest BCUT2D eigenvalue weighted by Crippen LogP contribution is -2.50. The second kappa shape index (κ2) is 9.19. The number of hydrogen-bond acceptors (Lipinski definition) is 7. The highest BCUT2D eigenvalue weighted by atomic mass is 16.5. The monoisotopic (exact) mass is 410 g/mol. The summed E-state index contributed by atoms with van der Waals surface area (Å²) in [6, 6.07) is 11.8. The number of piperazine rings is 1. The molecule has 3 heterocycles. The summed E-state index contributed by atoms with van der Waals surface area (Å²) in [6.45, 7) is 5.83. The molecule has 2 aromatic heterocycles. The molecule has 1 atom stereocenters. The molecule has 30 heavy (non-hydrogen) atoms. The highest BCUT2D eigenvalue weighted by Gasteiger charge is 2.32. The van der Waals surface area contributed by atoms with E-state index < -0.39 is 0 Å². The van der Waals surface area contributed by atoms with Crippen molar-refractivity contribution >= 4 is 5.91 Å². The number of amides is 1. The van der Waals surface area contributed by atoms with Crippen LogP contribution in [0.5, 0.6) is 0 Å². The number of nitrogens with zero attached hydrogens (tertiary/aromatic N) is 6. The maximum Gasteiger partial charge on any atom is 0.289 e. The van der Waals surface area contributed by atoms with E-state index in [1.54, 1.807) is 23.9 Å². The van der Waals surface area contributed by atoms with E-state index >= 15 is 0 Å². The maximum absolute atomic E-state index is 12.6. The minimum absolute atomic E-state index is 0.0727. The van der Waals surface area contributed by atoms with Crippen molar-refractivity contribution in [3.05, 3.63) is 65.4 Å². The summed E-state index contributed by atoms with van der Waals surface area (Å²) in [4.78, 5) is 16.8. The molecule has 1 amide bonds. The highest BCUT2D eigenvalue weighted by molar-refractivity contribution is 5.91. The Hall–Kier alpha value is -3.04. The summed E-state index contributed by atoms with van der Waals surface area (Å²) >= 11 is 0. The zero-order valence-electron chi connectivity index (χ0n) is 17.3. The summed E-state index contributed by atoms with van der Waals surface area (Å²) in [5.74, 6) is 1.08. The third kappa shape index (κ3) is 4.27. The summed E-state index contributed by atoms with van der Waals surface area (Å²) in [5.41, 5.74) is 2.32. The normalized spacial score (nSPS) is 16.0. The van der Waals surface area contributed by atoms with Crippen molar-refractivity contribution in [2.45, 2.75) is 19.5 Å². The summed E-state index contributed by atoms with van der Waals surface area (Å²) in [5, 5.41) is 12.4. The van der Waals surface area contributed by atoms with E-state index in [9.17, 15) is 4.79 Å². The third-order valence-electron chi connectivity index (χ3n) is 5.40. The van der Waals surface area contributed by atoms with Crippen LogP contribution in [0.1, 0.15) is 33.5 Å². The number of rotatable bonds is 7. The van der Waals surface area contributed by atoms with Gasteiger partial charge in [-0.1, -0.05) is 29.8 Å². The molecule has 1 aromatic carbocycles. The Balaban J connectivity index is 1.56. The first-order valence-corrected chi connectivity index (χ1v) is 10.1. The number of furan rings is 1. The van der Waals surface area contributed by atoms with E-state index in [1.165, 1.54) is 11.8 Å². The molecule has 4 rings (SSSR count). The van der Waals surface area contributed by atoms with Gasteiger partial charge in [-0.2, -0.15) is 0 Å². The first kappa shape index (κ1) is 20.2. The van der Waals surface area contributed by atoms with Crippen molar-refractivity contribution in [1.29, 1.82) is 0 Å². The molecule has 0 bridgehead atoms. The molecule has 9 nitrogen and oxygen atoms in total. The van der Waals surface area contributed by atoms with Gasteiger partial charge in [-0.3, -0.25) is 9.69 Å². The number of hydrogen-bond donors (Lipinski definition) is 0. The van der Waals surface area contributed by atoms with E-state index in [4.69, 9.17) is 9.15 Å². The molecule has 0 N–H and O–H groups in total. The number of methoxy groups -OCH3 is 1. The first-order valence-electron chi connectivity index (χ1n) is 10.1. The van der Waals surface area contributed by atoms with Crippen LogP contribution >= 0.6 is 0 Å². The van der Waals surface area contributed by atoms with Crippen LogP contribution in [0.3, 0.4) is 0 Å². The Kier molecular flexibility index (Phi) is 6.20. The van der Waals surface area contributed by atoms with Crippen LogP contribution in [0, 0.1) is 6.92 Å². The van der Waals surface area contributed by atoms with E-state index in [0.29, 0.717) is 45.1 Å². The predicted octanol–water partition coefficient (Wildman–Crippen LogP) is 1.77. The fourth-order valence-corrected chi connectivity index (χ4v) is 3.76. The minimum Gasteiger partial charge on any atom is -0.459 e. The van der Waals surface area contributed by atoms with Crippen molar-refractivity contribution in [2.75, 3.05) is 39.9 Å². The average molecular weight is 410 g/mol. The van der Waals surface area contributed by atoms with E-state index in [-0.39, 0.29) is 11.9 Å². The van der Waals surface area contributed by atoms with Crippen LogP contribution in [-0.2, 0) is 11.3 Å². The largest absolute Gasteiger partial charge is 0.459 e. The van der Waals surface area contributed by atoms with Gasteiger partial charge in [0.2, 0.25) is 0 Å². The average Bonchev–Trinajstić information content (AvgIpc) is 3.46. The molecule has 0 radical (unpaired) electrons. The summed E-state index contributed by atoms with van der Waals surface area (Å²) < 4.78 is 12.3. The summed E-state index contributed by atoms with van der Waals surface area (Å²) in [6.07, 6.45) is 1.52. The molecular weight excluding hydrogens is 384 g/mol. The van der Waals surface area contributed by atoms with Gasteiger partial charge in [0.1, 0.15) is 0 Å². The van der Waals surface area contributed by atoms with Gasteiger partial charge in [-0.05, 0) is 35.0 Å². The molecule has 1 aliphatic rings. The van der Waals surface area contributed by atoms with Crippen molar-refractivity contribution in [1.82, 2.24) is 30.0 Å².